The average Bonchev–Trinajstić information content (AvgIpc) is 2.49. The minimum Gasteiger partial charge on any atom is -0.314 e. The fourth-order valence-electron chi connectivity index (χ4n) is 2.93. The number of benzene rings is 1. The molecule has 2 rings (SSSR count). The Kier molecular flexibility index (Phi) is 9.03. The van der Waals surface area contributed by atoms with Crippen molar-refractivity contribution in [2.45, 2.75) is 31.7 Å². The normalized spacial score (nSPS) is 16.8. The lowest BCUT2D eigenvalue weighted by atomic mass is 9.98. The molecule has 0 bridgehead atoms. The molecule has 1 aliphatic rings. The van der Waals surface area contributed by atoms with E-state index in [9.17, 15) is 4.39 Å². The van der Waals surface area contributed by atoms with E-state index in [-0.39, 0.29) is 24.3 Å². The lowest BCUT2D eigenvalue weighted by Gasteiger charge is -2.35. The molecule has 1 saturated heterocycles. The first-order valence-corrected chi connectivity index (χ1v) is 8.11. The quantitative estimate of drug-likeness (QED) is 0.573. The highest BCUT2D eigenvalue weighted by Gasteiger charge is 2.23. The molecule has 0 unspecified atom stereocenters. The summed E-state index contributed by atoms with van der Waals surface area (Å²) in [6.45, 7) is 7.80. The summed E-state index contributed by atoms with van der Waals surface area (Å²) in [6, 6.07) is 5.07. The third-order valence-corrected chi connectivity index (χ3v) is 4.38. The Morgan fingerprint density at radius 1 is 1.32 bits per heavy atom. The molecule has 1 aromatic rings. The minimum atomic E-state index is -0.269. The van der Waals surface area contributed by atoms with Crippen LogP contribution in [0.15, 0.2) is 30.9 Å². The van der Waals surface area contributed by atoms with Gasteiger partial charge in [-0.05, 0) is 37.0 Å². The van der Waals surface area contributed by atoms with E-state index in [0.29, 0.717) is 5.02 Å². The van der Waals surface area contributed by atoms with Crippen molar-refractivity contribution < 1.29 is 4.39 Å². The fourth-order valence-corrected chi connectivity index (χ4v) is 3.22. The molecule has 124 valence electrons. The van der Waals surface area contributed by atoms with Gasteiger partial charge in [-0.1, -0.05) is 30.2 Å². The summed E-state index contributed by atoms with van der Waals surface area (Å²) in [6.07, 6.45) is 6.34. The van der Waals surface area contributed by atoms with Crippen LogP contribution in [-0.2, 0) is 0 Å². The molecule has 1 aliphatic heterocycles. The topological polar surface area (TPSA) is 15.3 Å². The van der Waals surface area contributed by atoms with E-state index in [1.807, 2.05) is 12.1 Å². The van der Waals surface area contributed by atoms with E-state index >= 15 is 0 Å². The molecule has 0 saturated carbocycles. The van der Waals surface area contributed by atoms with Gasteiger partial charge in [0.2, 0.25) is 0 Å². The Hall–Kier alpha value is -0.610. The zero-order valence-electron chi connectivity index (χ0n) is 12.9. The Morgan fingerprint density at radius 3 is 2.68 bits per heavy atom. The molecule has 1 N–H and O–H groups in total. The number of rotatable bonds is 7. The lowest BCUT2D eigenvalue weighted by molar-refractivity contribution is 0.163. The predicted octanol–water partition coefficient (Wildman–Crippen LogP) is 4.59. The molecule has 0 amide bonds. The fraction of sp³-hybridized carbons (Fsp3) is 0.529. The highest BCUT2D eigenvalue weighted by Crippen LogP contribution is 2.32. The van der Waals surface area contributed by atoms with Crippen LogP contribution in [0.3, 0.4) is 0 Å². The van der Waals surface area contributed by atoms with Crippen LogP contribution in [0.5, 0.6) is 0 Å². The molecule has 1 atom stereocenters. The van der Waals surface area contributed by atoms with Crippen LogP contribution in [0.4, 0.5) is 4.39 Å². The number of allylic oxidation sites excluding steroid dienone is 1. The molecule has 0 spiro atoms. The van der Waals surface area contributed by atoms with Crippen molar-refractivity contribution in [3.05, 3.63) is 47.3 Å². The van der Waals surface area contributed by atoms with E-state index in [2.05, 4.69) is 16.8 Å². The van der Waals surface area contributed by atoms with Crippen LogP contribution in [-0.4, -0.2) is 31.1 Å². The number of piperazine rings is 1. The predicted molar refractivity (Wildman–Crippen MR) is 94.5 cm³/mol. The molecule has 1 fully saturated rings. The standard InChI is InChI=1S/C17H24ClFN2.ClH/c1-2-3-4-5-6-17(21-11-9-20-10-12-21)15-8-7-14(19)13-16(15)18;/h2,7-8,13,17,20H,1,3-6,9-12H2;1H/t17-;/m0./s1. The van der Waals surface area contributed by atoms with Crippen LogP contribution in [0.1, 0.15) is 37.3 Å². The highest BCUT2D eigenvalue weighted by atomic mass is 35.5. The van der Waals surface area contributed by atoms with Gasteiger partial charge in [-0.15, -0.1) is 19.0 Å². The third-order valence-electron chi connectivity index (χ3n) is 4.05. The summed E-state index contributed by atoms with van der Waals surface area (Å²) < 4.78 is 13.3. The van der Waals surface area contributed by atoms with Crippen LogP contribution >= 0.6 is 24.0 Å². The van der Waals surface area contributed by atoms with E-state index in [4.69, 9.17) is 11.6 Å². The van der Waals surface area contributed by atoms with Crippen molar-refractivity contribution in [1.82, 2.24) is 10.2 Å². The number of nitrogens with zero attached hydrogens (tertiary/aromatic N) is 1. The summed E-state index contributed by atoms with van der Waals surface area (Å²) >= 11 is 6.29. The molecule has 5 heteroatoms. The Balaban J connectivity index is 0.00000242. The molecule has 22 heavy (non-hydrogen) atoms. The second kappa shape index (κ2) is 10.2. The summed E-state index contributed by atoms with van der Waals surface area (Å²) in [5, 5.41) is 3.92. The van der Waals surface area contributed by atoms with Gasteiger partial charge < -0.3 is 5.32 Å². The van der Waals surface area contributed by atoms with Crippen molar-refractivity contribution in [2.24, 2.45) is 0 Å². The number of unbranched alkanes of at least 4 members (excludes halogenated alkanes) is 2. The van der Waals surface area contributed by atoms with E-state index in [1.54, 1.807) is 0 Å². The molecule has 1 aromatic carbocycles. The number of hydrogen-bond donors (Lipinski definition) is 1. The first-order chi connectivity index (χ1) is 10.2. The maximum Gasteiger partial charge on any atom is 0.124 e. The van der Waals surface area contributed by atoms with Crippen molar-refractivity contribution in [3.8, 4) is 0 Å². The van der Waals surface area contributed by atoms with E-state index < -0.39 is 0 Å². The molecule has 0 radical (unpaired) electrons. The van der Waals surface area contributed by atoms with Gasteiger partial charge in [0.25, 0.3) is 0 Å². The van der Waals surface area contributed by atoms with Gasteiger partial charge in [-0.3, -0.25) is 4.90 Å². The van der Waals surface area contributed by atoms with Crippen molar-refractivity contribution in [1.29, 1.82) is 0 Å². The number of halogens is 3. The maximum absolute atomic E-state index is 13.3. The maximum atomic E-state index is 13.3. The Morgan fingerprint density at radius 2 is 2.05 bits per heavy atom. The second-order valence-electron chi connectivity index (χ2n) is 5.54. The zero-order chi connectivity index (χ0) is 15.1. The molecule has 0 aromatic heterocycles. The van der Waals surface area contributed by atoms with E-state index in [0.717, 1.165) is 57.4 Å². The van der Waals surface area contributed by atoms with Gasteiger partial charge in [0.15, 0.2) is 0 Å². The number of hydrogen-bond acceptors (Lipinski definition) is 2. The summed E-state index contributed by atoms with van der Waals surface area (Å²) in [7, 11) is 0. The van der Waals surface area contributed by atoms with Gasteiger partial charge in [-0.25, -0.2) is 4.39 Å². The van der Waals surface area contributed by atoms with Crippen LogP contribution < -0.4 is 5.32 Å². The van der Waals surface area contributed by atoms with Crippen LogP contribution in [0.2, 0.25) is 5.02 Å². The summed E-state index contributed by atoms with van der Waals surface area (Å²) in [5.41, 5.74) is 1.05. The monoisotopic (exact) mass is 346 g/mol. The largest absolute Gasteiger partial charge is 0.314 e. The average molecular weight is 347 g/mol. The second-order valence-corrected chi connectivity index (χ2v) is 5.95. The van der Waals surface area contributed by atoms with Crippen molar-refractivity contribution >= 4 is 24.0 Å². The molecule has 2 nitrogen and oxygen atoms in total. The van der Waals surface area contributed by atoms with E-state index in [1.165, 1.54) is 12.1 Å². The SMILES string of the molecule is C=CCCCC[C@@H](c1ccc(F)cc1Cl)N1CCNCC1.Cl. The third kappa shape index (κ3) is 5.54. The van der Waals surface area contributed by atoms with Gasteiger partial charge >= 0.3 is 0 Å². The molecular formula is C17H25Cl2FN2. The van der Waals surface area contributed by atoms with Crippen molar-refractivity contribution in [3.63, 3.8) is 0 Å². The number of nitrogens with one attached hydrogen (secondary N) is 1. The first kappa shape index (κ1) is 19.4. The highest BCUT2D eigenvalue weighted by molar-refractivity contribution is 6.31. The first-order valence-electron chi connectivity index (χ1n) is 7.73. The van der Waals surface area contributed by atoms with Gasteiger partial charge in [-0.2, -0.15) is 0 Å². The van der Waals surface area contributed by atoms with Gasteiger partial charge in [0.05, 0.1) is 0 Å². The lowest BCUT2D eigenvalue weighted by Crippen LogP contribution is -2.45. The Labute approximate surface area is 144 Å². The molecule has 0 aliphatic carbocycles. The molecular weight excluding hydrogens is 322 g/mol. The summed E-state index contributed by atoms with van der Waals surface area (Å²) in [4.78, 5) is 2.46. The smallest absolute Gasteiger partial charge is 0.124 e. The van der Waals surface area contributed by atoms with Crippen LogP contribution in [0, 0.1) is 5.82 Å². The van der Waals surface area contributed by atoms with Gasteiger partial charge in [0, 0.05) is 37.2 Å². The zero-order valence-corrected chi connectivity index (χ0v) is 14.4. The van der Waals surface area contributed by atoms with Crippen molar-refractivity contribution in [2.75, 3.05) is 26.2 Å². The molecule has 1 heterocycles. The Bertz CT molecular complexity index is 462. The minimum absolute atomic E-state index is 0. The van der Waals surface area contributed by atoms with Gasteiger partial charge in [0.1, 0.15) is 5.82 Å². The van der Waals surface area contributed by atoms with Crippen LogP contribution in [0.25, 0.3) is 0 Å². The summed E-state index contributed by atoms with van der Waals surface area (Å²) in [5.74, 6) is -0.269.